The van der Waals surface area contributed by atoms with Crippen LogP contribution < -0.4 is 10.6 Å². The number of rotatable bonds is 8. The van der Waals surface area contributed by atoms with Crippen LogP contribution in [0.4, 0.5) is 0 Å². The number of thiazole rings is 1. The molecule has 144 valence electrons. The average molecular weight is 479 g/mol. The number of aromatic nitrogens is 1. The van der Waals surface area contributed by atoms with E-state index in [-0.39, 0.29) is 24.0 Å². The Morgan fingerprint density at radius 3 is 2.68 bits per heavy atom. The van der Waals surface area contributed by atoms with Gasteiger partial charge < -0.3 is 15.5 Å². The molecular formula is C18H34IN5S. The monoisotopic (exact) mass is 479 g/mol. The van der Waals surface area contributed by atoms with Gasteiger partial charge in [-0.05, 0) is 39.2 Å². The Bertz CT molecular complexity index is 497. The number of halogens is 1. The molecule has 0 bridgehead atoms. The second-order valence-electron chi connectivity index (χ2n) is 6.38. The summed E-state index contributed by atoms with van der Waals surface area (Å²) >= 11 is 1.77. The number of nitrogens with zero attached hydrogens (tertiary/aromatic N) is 3. The summed E-state index contributed by atoms with van der Waals surface area (Å²) in [7, 11) is 0. The van der Waals surface area contributed by atoms with Gasteiger partial charge in [0, 0.05) is 36.8 Å². The fraction of sp³-hybridized carbons (Fsp3) is 0.778. The van der Waals surface area contributed by atoms with Gasteiger partial charge in [0.1, 0.15) is 5.01 Å². The van der Waals surface area contributed by atoms with Crippen LogP contribution in [-0.4, -0.2) is 48.1 Å². The summed E-state index contributed by atoms with van der Waals surface area (Å²) in [4.78, 5) is 13.1. The summed E-state index contributed by atoms with van der Waals surface area (Å²) in [5, 5.41) is 8.08. The first kappa shape index (κ1) is 22.6. The zero-order valence-electron chi connectivity index (χ0n) is 15.9. The Labute approximate surface area is 174 Å². The third-order valence-corrected chi connectivity index (χ3v) is 5.55. The molecule has 2 rings (SSSR count). The van der Waals surface area contributed by atoms with Crippen LogP contribution in [0, 0.1) is 0 Å². The lowest BCUT2D eigenvalue weighted by molar-refractivity contribution is 0.203. The van der Waals surface area contributed by atoms with E-state index in [1.807, 2.05) is 6.20 Å². The lowest BCUT2D eigenvalue weighted by Gasteiger charge is -2.33. The number of guanidine groups is 1. The van der Waals surface area contributed by atoms with Gasteiger partial charge in [0.2, 0.25) is 0 Å². The van der Waals surface area contributed by atoms with Crippen LogP contribution >= 0.6 is 35.3 Å². The third-order valence-electron chi connectivity index (χ3n) is 4.42. The second kappa shape index (κ2) is 12.9. The largest absolute Gasteiger partial charge is 0.357 e. The number of hydrogen-bond donors (Lipinski definition) is 2. The molecule has 1 aromatic rings. The maximum absolute atomic E-state index is 4.72. The highest BCUT2D eigenvalue weighted by atomic mass is 127. The van der Waals surface area contributed by atoms with Crippen molar-refractivity contribution in [1.82, 2.24) is 20.5 Å². The first-order chi connectivity index (χ1) is 11.7. The maximum atomic E-state index is 4.72. The summed E-state index contributed by atoms with van der Waals surface area (Å²) in [6.45, 7) is 11.7. The molecule has 0 spiro atoms. The molecule has 1 aliphatic heterocycles. The van der Waals surface area contributed by atoms with E-state index in [2.05, 4.69) is 41.3 Å². The third kappa shape index (κ3) is 8.21. The molecule has 25 heavy (non-hydrogen) atoms. The van der Waals surface area contributed by atoms with Gasteiger partial charge in [-0.3, -0.25) is 0 Å². The Kier molecular flexibility index (Phi) is 11.6. The Morgan fingerprint density at radius 2 is 2.08 bits per heavy atom. The van der Waals surface area contributed by atoms with Gasteiger partial charge in [-0.2, -0.15) is 0 Å². The van der Waals surface area contributed by atoms with Crippen LogP contribution in [0.3, 0.4) is 0 Å². The molecule has 0 saturated carbocycles. The van der Waals surface area contributed by atoms with Gasteiger partial charge in [-0.25, -0.2) is 9.98 Å². The summed E-state index contributed by atoms with van der Waals surface area (Å²) in [5.41, 5.74) is 0. The molecule has 5 nitrogen and oxygen atoms in total. The number of aryl methyl sites for hydroxylation is 1. The van der Waals surface area contributed by atoms with Crippen LogP contribution in [0.1, 0.15) is 56.3 Å². The minimum atomic E-state index is 0. The average Bonchev–Trinajstić information content (AvgIpc) is 3.07. The summed E-state index contributed by atoms with van der Waals surface area (Å²) in [6.07, 6.45) is 8.02. The topological polar surface area (TPSA) is 52.5 Å². The first-order valence-corrected chi connectivity index (χ1v) is 10.3. The Morgan fingerprint density at radius 1 is 1.32 bits per heavy atom. The van der Waals surface area contributed by atoms with Crippen molar-refractivity contribution in [2.45, 2.75) is 65.5 Å². The normalized spacial score (nSPS) is 16.5. The van der Waals surface area contributed by atoms with E-state index in [4.69, 9.17) is 4.99 Å². The van der Waals surface area contributed by atoms with Gasteiger partial charge in [0.05, 0.1) is 6.54 Å². The molecule has 2 N–H and O–H groups in total. The molecule has 0 amide bonds. The van der Waals surface area contributed by atoms with Crippen LogP contribution in [0.5, 0.6) is 0 Å². The number of piperidine rings is 1. The van der Waals surface area contributed by atoms with Crippen molar-refractivity contribution in [3.05, 3.63) is 16.1 Å². The van der Waals surface area contributed by atoms with Crippen LogP contribution in [-0.2, 0) is 13.0 Å². The highest BCUT2D eigenvalue weighted by Crippen LogP contribution is 2.14. The number of unbranched alkanes of at least 4 members (excludes halogenated alkanes) is 1. The molecular weight excluding hydrogens is 445 g/mol. The fourth-order valence-electron chi connectivity index (χ4n) is 2.93. The molecule has 0 aliphatic carbocycles. The second-order valence-corrected chi connectivity index (χ2v) is 7.58. The molecule has 0 unspecified atom stereocenters. The van der Waals surface area contributed by atoms with Crippen molar-refractivity contribution in [3.8, 4) is 0 Å². The van der Waals surface area contributed by atoms with E-state index in [1.165, 1.54) is 50.2 Å². The van der Waals surface area contributed by atoms with Crippen molar-refractivity contribution >= 4 is 41.3 Å². The zero-order valence-corrected chi connectivity index (χ0v) is 19.0. The predicted octanol–water partition coefficient (Wildman–Crippen LogP) is 3.64. The maximum Gasteiger partial charge on any atom is 0.191 e. The summed E-state index contributed by atoms with van der Waals surface area (Å²) in [6, 6.07) is 0.531. The van der Waals surface area contributed by atoms with E-state index < -0.39 is 0 Å². The number of hydrogen-bond acceptors (Lipinski definition) is 4. The molecule has 7 heteroatoms. The van der Waals surface area contributed by atoms with Gasteiger partial charge in [-0.15, -0.1) is 35.3 Å². The molecule has 1 saturated heterocycles. The van der Waals surface area contributed by atoms with Gasteiger partial charge in [0.25, 0.3) is 0 Å². The van der Waals surface area contributed by atoms with Crippen molar-refractivity contribution < 1.29 is 0 Å². The molecule has 0 radical (unpaired) electrons. The molecule has 1 fully saturated rings. The van der Waals surface area contributed by atoms with Crippen LogP contribution in [0.15, 0.2) is 11.2 Å². The van der Waals surface area contributed by atoms with E-state index in [0.717, 1.165) is 23.9 Å². The van der Waals surface area contributed by atoms with Crippen molar-refractivity contribution in [2.75, 3.05) is 26.2 Å². The first-order valence-electron chi connectivity index (χ1n) is 9.45. The summed E-state index contributed by atoms with van der Waals surface area (Å²) < 4.78 is 0. The van der Waals surface area contributed by atoms with Crippen molar-refractivity contribution in [3.63, 3.8) is 0 Å². The predicted molar refractivity (Wildman–Crippen MR) is 119 cm³/mol. The van der Waals surface area contributed by atoms with Gasteiger partial charge >= 0.3 is 0 Å². The standard InChI is InChI=1S/C18H33N5S.HI/c1-4-7-10-23-11-8-15(9-12-23)22-18(19-6-3)21-14-17-20-13-16(5-2)24-17;/h13,15H,4-12,14H2,1-3H3,(H2,19,21,22);1H. The minimum Gasteiger partial charge on any atom is -0.357 e. The lowest BCUT2D eigenvalue weighted by atomic mass is 10.0. The van der Waals surface area contributed by atoms with E-state index in [0.29, 0.717) is 12.6 Å². The highest BCUT2D eigenvalue weighted by molar-refractivity contribution is 14.0. The fourth-order valence-corrected chi connectivity index (χ4v) is 3.71. The van der Waals surface area contributed by atoms with Gasteiger partial charge in [0.15, 0.2) is 5.96 Å². The number of aliphatic imine (C=N–C) groups is 1. The Hall–Kier alpha value is -0.410. The summed E-state index contributed by atoms with van der Waals surface area (Å²) in [5.74, 6) is 0.928. The van der Waals surface area contributed by atoms with Crippen LogP contribution in [0.25, 0.3) is 0 Å². The van der Waals surface area contributed by atoms with Crippen LogP contribution in [0.2, 0.25) is 0 Å². The number of likely N-dealkylation sites (tertiary alicyclic amines) is 1. The van der Waals surface area contributed by atoms with E-state index in [1.54, 1.807) is 11.3 Å². The number of nitrogens with one attached hydrogen (secondary N) is 2. The molecule has 0 atom stereocenters. The lowest BCUT2D eigenvalue weighted by Crippen LogP contribution is -2.48. The van der Waals surface area contributed by atoms with Crippen molar-refractivity contribution in [2.24, 2.45) is 4.99 Å². The molecule has 1 aliphatic rings. The minimum absolute atomic E-state index is 0. The van der Waals surface area contributed by atoms with Gasteiger partial charge in [-0.1, -0.05) is 20.3 Å². The SMILES string of the molecule is CCCCN1CCC(NC(=NCc2ncc(CC)s2)NCC)CC1.I. The van der Waals surface area contributed by atoms with Crippen molar-refractivity contribution in [1.29, 1.82) is 0 Å². The van der Waals surface area contributed by atoms with E-state index >= 15 is 0 Å². The molecule has 1 aromatic heterocycles. The molecule has 2 heterocycles. The molecule has 0 aromatic carbocycles. The zero-order chi connectivity index (χ0) is 17.2. The smallest absolute Gasteiger partial charge is 0.191 e. The Balaban J connectivity index is 0.00000312. The highest BCUT2D eigenvalue weighted by Gasteiger charge is 2.19. The quantitative estimate of drug-likeness (QED) is 0.340. The van der Waals surface area contributed by atoms with E-state index in [9.17, 15) is 0 Å².